The van der Waals surface area contributed by atoms with Gasteiger partial charge in [-0.15, -0.1) is 0 Å². The second kappa shape index (κ2) is 5.36. The monoisotopic (exact) mass is 314 g/mol. The molecule has 23 heavy (non-hydrogen) atoms. The molecule has 2 N–H and O–H groups in total. The lowest BCUT2D eigenvalue weighted by molar-refractivity contribution is -0.152. The van der Waals surface area contributed by atoms with Crippen molar-refractivity contribution in [2.24, 2.45) is 11.3 Å². The molecule has 0 spiro atoms. The van der Waals surface area contributed by atoms with Crippen LogP contribution in [0.15, 0.2) is 18.2 Å². The predicted octanol–water partition coefficient (Wildman–Crippen LogP) is 2.89. The largest absolute Gasteiger partial charge is 0.399 e. The van der Waals surface area contributed by atoms with Gasteiger partial charge >= 0.3 is 0 Å². The first-order chi connectivity index (χ1) is 10.8. The van der Waals surface area contributed by atoms with E-state index in [0.717, 1.165) is 37.8 Å². The average molecular weight is 314 g/mol. The number of rotatable bonds is 2. The van der Waals surface area contributed by atoms with Gasteiger partial charge in [-0.2, -0.15) is 0 Å². The van der Waals surface area contributed by atoms with Gasteiger partial charge in [0.05, 0.1) is 5.41 Å². The molecule has 124 valence electrons. The van der Waals surface area contributed by atoms with Crippen LogP contribution in [0.5, 0.6) is 0 Å². The van der Waals surface area contributed by atoms with E-state index >= 15 is 0 Å². The van der Waals surface area contributed by atoms with Crippen molar-refractivity contribution in [3.63, 3.8) is 0 Å². The number of hydrogen-bond acceptors (Lipinski definition) is 3. The topological polar surface area (TPSA) is 63.4 Å². The van der Waals surface area contributed by atoms with Crippen LogP contribution in [0.1, 0.15) is 50.7 Å². The first kappa shape index (κ1) is 16.0. The highest BCUT2D eigenvalue weighted by Gasteiger charge is 2.55. The maximum absolute atomic E-state index is 12.9. The Kier molecular flexibility index (Phi) is 3.74. The molecule has 0 unspecified atom stereocenters. The van der Waals surface area contributed by atoms with Crippen molar-refractivity contribution in [1.29, 1.82) is 0 Å². The first-order valence-corrected chi connectivity index (χ1v) is 8.44. The van der Waals surface area contributed by atoms with E-state index in [1.807, 2.05) is 6.07 Å². The maximum atomic E-state index is 12.9. The maximum Gasteiger partial charge on any atom is 0.234 e. The molecule has 4 nitrogen and oxygen atoms in total. The van der Waals surface area contributed by atoms with Gasteiger partial charge in [-0.1, -0.05) is 26.3 Å². The number of carbonyl (C=O) groups is 2. The number of amides is 2. The van der Waals surface area contributed by atoms with Gasteiger partial charge < -0.3 is 5.73 Å². The molecule has 0 aromatic heterocycles. The summed E-state index contributed by atoms with van der Waals surface area (Å²) < 4.78 is 0. The Morgan fingerprint density at radius 1 is 1.35 bits per heavy atom. The number of benzene rings is 1. The Labute approximate surface area is 138 Å². The number of nitrogens with two attached hydrogens (primary N) is 1. The smallest absolute Gasteiger partial charge is 0.234 e. The fourth-order valence-electron chi connectivity index (χ4n) is 5.18. The highest BCUT2D eigenvalue weighted by molar-refractivity contribution is 5.90. The van der Waals surface area contributed by atoms with Gasteiger partial charge in [-0.05, 0) is 60.3 Å². The van der Waals surface area contributed by atoms with E-state index in [-0.39, 0.29) is 17.2 Å². The molecular formula is C19H26N2O2. The molecule has 0 bridgehead atoms. The Hall–Kier alpha value is -1.84. The third-order valence-electron chi connectivity index (χ3n) is 6.35. The van der Waals surface area contributed by atoms with Crippen LogP contribution >= 0.6 is 0 Å². The Bertz CT molecular complexity index is 657. The minimum atomic E-state index is -0.481. The van der Waals surface area contributed by atoms with Crippen molar-refractivity contribution >= 4 is 18.0 Å². The molecule has 2 aliphatic carbocycles. The number of carbonyl (C=O) groups excluding carboxylic acids is 2. The van der Waals surface area contributed by atoms with Gasteiger partial charge in [0, 0.05) is 12.7 Å². The Morgan fingerprint density at radius 2 is 2.09 bits per heavy atom. The minimum Gasteiger partial charge on any atom is -0.399 e. The summed E-state index contributed by atoms with van der Waals surface area (Å²) in [6, 6.07) is 6.20. The van der Waals surface area contributed by atoms with Crippen LogP contribution in [-0.4, -0.2) is 24.3 Å². The molecule has 1 aromatic rings. The fourth-order valence-corrected chi connectivity index (χ4v) is 5.18. The van der Waals surface area contributed by atoms with Crippen molar-refractivity contribution in [2.45, 2.75) is 51.4 Å². The van der Waals surface area contributed by atoms with Crippen LogP contribution in [0.4, 0.5) is 5.69 Å². The molecule has 1 aromatic carbocycles. The number of aryl methyl sites for hydroxylation is 1. The lowest BCUT2D eigenvalue weighted by atomic mass is 9.49. The van der Waals surface area contributed by atoms with Crippen molar-refractivity contribution < 1.29 is 9.59 Å². The van der Waals surface area contributed by atoms with Crippen molar-refractivity contribution in [2.75, 3.05) is 12.8 Å². The summed E-state index contributed by atoms with van der Waals surface area (Å²) in [6.07, 6.45) is 5.51. The molecular weight excluding hydrogens is 288 g/mol. The normalized spacial score (nSPS) is 32.6. The van der Waals surface area contributed by atoms with Gasteiger partial charge in [-0.25, -0.2) is 0 Å². The molecule has 2 amide bonds. The second-order valence-electron chi connectivity index (χ2n) is 7.72. The zero-order valence-electron chi connectivity index (χ0n) is 14.3. The first-order valence-electron chi connectivity index (χ1n) is 8.44. The Morgan fingerprint density at radius 3 is 2.78 bits per heavy atom. The molecule has 0 radical (unpaired) electrons. The number of nitrogen functional groups attached to an aromatic ring is 1. The molecule has 0 aliphatic heterocycles. The summed E-state index contributed by atoms with van der Waals surface area (Å²) in [4.78, 5) is 25.2. The molecule has 3 atom stereocenters. The highest BCUT2D eigenvalue weighted by Crippen LogP contribution is 2.57. The van der Waals surface area contributed by atoms with E-state index in [2.05, 4.69) is 26.0 Å². The minimum absolute atomic E-state index is 0.0456. The van der Waals surface area contributed by atoms with Gasteiger partial charge in [-0.3, -0.25) is 14.5 Å². The molecule has 0 heterocycles. The summed E-state index contributed by atoms with van der Waals surface area (Å²) in [5, 5.41) is 0. The standard InChI is InChI=1S/C19H26N2O2/c1-18-9-4-10-19(2,17(23)21(3)12-22)16(18)8-6-13-5-7-14(20)11-15(13)18/h5,7,11-12,16H,4,6,8-10,20H2,1-3H3/t16-,18-,19+/m1/s1. The van der Waals surface area contributed by atoms with Crippen LogP contribution in [0.3, 0.4) is 0 Å². The summed E-state index contributed by atoms with van der Waals surface area (Å²) in [5.74, 6) is 0.198. The number of anilines is 1. The zero-order chi connectivity index (χ0) is 16.8. The van der Waals surface area contributed by atoms with Crippen LogP contribution in [0.25, 0.3) is 0 Å². The molecule has 1 saturated carbocycles. The SMILES string of the molecule is CN(C=O)C(=O)[C@@]1(C)CCC[C@]2(C)c3cc(N)ccc3CC[C@@H]12. The Balaban J connectivity index is 2.08. The van der Waals surface area contributed by atoms with Crippen LogP contribution in [0, 0.1) is 11.3 Å². The fraction of sp³-hybridized carbons (Fsp3) is 0.579. The summed E-state index contributed by atoms with van der Waals surface area (Å²) in [7, 11) is 1.57. The highest BCUT2D eigenvalue weighted by atomic mass is 16.2. The van der Waals surface area contributed by atoms with E-state index in [9.17, 15) is 9.59 Å². The molecule has 3 rings (SSSR count). The molecule has 0 saturated heterocycles. The molecule has 1 fully saturated rings. The van der Waals surface area contributed by atoms with E-state index in [1.165, 1.54) is 16.0 Å². The quantitative estimate of drug-likeness (QED) is 0.674. The van der Waals surface area contributed by atoms with Gasteiger partial charge in [0.15, 0.2) is 0 Å². The number of nitrogens with zero attached hydrogens (tertiary/aromatic N) is 1. The van der Waals surface area contributed by atoms with Crippen LogP contribution in [0.2, 0.25) is 0 Å². The third-order valence-corrected chi connectivity index (χ3v) is 6.35. The number of fused-ring (bicyclic) bond motifs is 3. The van der Waals surface area contributed by atoms with Crippen molar-refractivity contribution in [1.82, 2.24) is 4.90 Å². The van der Waals surface area contributed by atoms with E-state index in [4.69, 9.17) is 5.73 Å². The second-order valence-corrected chi connectivity index (χ2v) is 7.72. The van der Waals surface area contributed by atoms with Crippen LogP contribution < -0.4 is 5.73 Å². The summed E-state index contributed by atoms with van der Waals surface area (Å²) in [6.45, 7) is 4.33. The van der Waals surface area contributed by atoms with E-state index in [1.54, 1.807) is 7.05 Å². The van der Waals surface area contributed by atoms with Crippen LogP contribution in [-0.2, 0) is 21.4 Å². The van der Waals surface area contributed by atoms with Gasteiger partial charge in [0.2, 0.25) is 12.3 Å². The third kappa shape index (κ3) is 2.27. The summed E-state index contributed by atoms with van der Waals surface area (Å²) >= 11 is 0. The lowest BCUT2D eigenvalue weighted by Gasteiger charge is -2.55. The van der Waals surface area contributed by atoms with E-state index < -0.39 is 5.41 Å². The predicted molar refractivity (Wildman–Crippen MR) is 90.8 cm³/mol. The molecule has 4 heteroatoms. The number of hydrogen-bond donors (Lipinski definition) is 1. The van der Waals surface area contributed by atoms with Gasteiger partial charge in [0.25, 0.3) is 0 Å². The summed E-state index contributed by atoms with van der Waals surface area (Å²) in [5.41, 5.74) is 8.96. The number of imide groups is 1. The van der Waals surface area contributed by atoms with Gasteiger partial charge in [0.1, 0.15) is 0 Å². The average Bonchev–Trinajstić information content (AvgIpc) is 2.53. The van der Waals surface area contributed by atoms with Crippen molar-refractivity contribution in [3.05, 3.63) is 29.3 Å². The van der Waals surface area contributed by atoms with Crippen molar-refractivity contribution in [3.8, 4) is 0 Å². The molecule has 2 aliphatic rings. The zero-order valence-corrected chi connectivity index (χ0v) is 14.3. The van der Waals surface area contributed by atoms with E-state index in [0.29, 0.717) is 6.41 Å². The lowest BCUT2D eigenvalue weighted by Crippen LogP contribution is -2.55.